The van der Waals surface area contributed by atoms with Crippen LogP contribution in [0.4, 0.5) is 0 Å². The van der Waals surface area contributed by atoms with Crippen LogP contribution in [0.5, 0.6) is 0 Å². The Hall–Kier alpha value is -0.810. The SMILES string of the molecule is CCCS(=O)(=O)NCCc1ccco1. The third kappa shape index (κ3) is 3.93. The molecule has 80 valence electrons. The van der Waals surface area contributed by atoms with Gasteiger partial charge in [-0.2, -0.15) is 0 Å². The number of hydrogen-bond acceptors (Lipinski definition) is 3. The first-order valence-corrected chi connectivity index (χ1v) is 6.29. The van der Waals surface area contributed by atoms with Gasteiger partial charge in [-0.1, -0.05) is 6.92 Å². The van der Waals surface area contributed by atoms with Crippen molar-refractivity contribution in [3.8, 4) is 0 Å². The molecular weight excluding hydrogens is 202 g/mol. The topological polar surface area (TPSA) is 59.3 Å². The average molecular weight is 217 g/mol. The standard InChI is InChI=1S/C9H15NO3S/c1-2-8-14(11,12)10-6-5-9-4-3-7-13-9/h3-4,7,10H,2,5-6,8H2,1H3. The Morgan fingerprint density at radius 2 is 2.29 bits per heavy atom. The maximum Gasteiger partial charge on any atom is 0.211 e. The summed E-state index contributed by atoms with van der Waals surface area (Å²) in [6, 6.07) is 3.62. The lowest BCUT2D eigenvalue weighted by Gasteiger charge is -2.03. The highest BCUT2D eigenvalue weighted by Crippen LogP contribution is 2.00. The van der Waals surface area contributed by atoms with Crippen molar-refractivity contribution in [1.29, 1.82) is 0 Å². The Morgan fingerprint density at radius 1 is 1.50 bits per heavy atom. The molecule has 0 amide bonds. The van der Waals surface area contributed by atoms with Crippen molar-refractivity contribution in [3.05, 3.63) is 24.2 Å². The number of nitrogens with one attached hydrogen (secondary N) is 1. The quantitative estimate of drug-likeness (QED) is 0.777. The molecule has 0 aromatic carbocycles. The minimum absolute atomic E-state index is 0.186. The van der Waals surface area contributed by atoms with Crippen LogP contribution in [0.3, 0.4) is 0 Å². The van der Waals surface area contributed by atoms with Crippen molar-refractivity contribution in [2.45, 2.75) is 19.8 Å². The minimum Gasteiger partial charge on any atom is -0.469 e. The summed E-state index contributed by atoms with van der Waals surface area (Å²) >= 11 is 0. The molecule has 0 spiro atoms. The fourth-order valence-electron chi connectivity index (χ4n) is 1.13. The number of hydrogen-bond donors (Lipinski definition) is 1. The maximum absolute atomic E-state index is 11.2. The predicted molar refractivity (Wildman–Crippen MR) is 54.5 cm³/mol. The van der Waals surface area contributed by atoms with Crippen LogP contribution < -0.4 is 4.72 Å². The van der Waals surface area contributed by atoms with E-state index in [1.165, 1.54) is 0 Å². The van der Waals surface area contributed by atoms with Gasteiger partial charge in [0.2, 0.25) is 10.0 Å². The molecule has 1 heterocycles. The van der Waals surface area contributed by atoms with Gasteiger partial charge in [0.15, 0.2) is 0 Å². The molecule has 0 atom stereocenters. The van der Waals surface area contributed by atoms with Gasteiger partial charge < -0.3 is 4.42 Å². The number of rotatable bonds is 6. The summed E-state index contributed by atoms with van der Waals surface area (Å²) in [5.74, 6) is 0.981. The normalized spacial score (nSPS) is 11.8. The largest absolute Gasteiger partial charge is 0.469 e. The van der Waals surface area contributed by atoms with Crippen LogP contribution in [0.1, 0.15) is 19.1 Å². The predicted octanol–water partition coefficient (Wildman–Crippen LogP) is 1.15. The van der Waals surface area contributed by atoms with Gasteiger partial charge >= 0.3 is 0 Å². The third-order valence-corrected chi connectivity index (χ3v) is 3.34. The zero-order chi connectivity index (χ0) is 10.4. The Labute approximate surface area is 84.4 Å². The van der Waals surface area contributed by atoms with Gasteiger partial charge in [0.25, 0.3) is 0 Å². The lowest BCUT2D eigenvalue weighted by Crippen LogP contribution is -2.28. The highest BCUT2D eigenvalue weighted by atomic mass is 32.2. The molecule has 1 aromatic heterocycles. The van der Waals surface area contributed by atoms with Crippen LogP contribution in [0.25, 0.3) is 0 Å². The molecule has 14 heavy (non-hydrogen) atoms. The van der Waals surface area contributed by atoms with Crippen molar-refractivity contribution >= 4 is 10.0 Å². The zero-order valence-electron chi connectivity index (χ0n) is 8.19. The Kier molecular flexibility index (Phi) is 4.16. The van der Waals surface area contributed by atoms with Crippen LogP contribution >= 0.6 is 0 Å². The summed E-state index contributed by atoms with van der Waals surface area (Å²) in [5.41, 5.74) is 0. The monoisotopic (exact) mass is 217 g/mol. The van der Waals surface area contributed by atoms with Crippen molar-refractivity contribution in [3.63, 3.8) is 0 Å². The molecular formula is C9H15NO3S. The molecule has 1 aromatic rings. The van der Waals surface area contributed by atoms with E-state index in [9.17, 15) is 8.42 Å². The molecule has 0 aliphatic rings. The molecule has 0 fully saturated rings. The second kappa shape index (κ2) is 5.17. The van der Waals surface area contributed by atoms with E-state index in [2.05, 4.69) is 4.72 Å². The van der Waals surface area contributed by atoms with Gasteiger partial charge in [-0.3, -0.25) is 0 Å². The molecule has 0 unspecified atom stereocenters. The summed E-state index contributed by atoms with van der Waals surface area (Å²) < 4.78 is 30.0. The van der Waals surface area contributed by atoms with Gasteiger partial charge in [-0.25, -0.2) is 13.1 Å². The molecule has 1 rings (SSSR count). The highest BCUT2D eigenvalue weighted by Gasteiger charge is 2.07. The molecule has 0 radical (unpaired) electrons. The van der Waals surface area contributed by atoms with E-state index < -0.39 is 10.0 Å². The van der Waals surface area contributed by atoms with Crippen LogP contribution in [0.2, 0.25) is 0 Å². The molecule has 0 saturated heterocycles. The van der Waals surface area contributed by atoms with Crippen LogP contribution in [-0.4, -0.2) is 20.7 Å². The fourth-order valence-corrected chi connectivity index (χ4v) is 2.22. The second-order valence-electron chi connectivity index (χ2n) is 3.04. The van der Waals surface area contributed by atoms with Crippen LogP contribution in [0, 0.1) is 0 Å². The maximum atomic E-state index is 11.2. The van der Waals surface area contributed by atoms with E-state index in [0.717, 1.165) is 5.76 Å². The lowest BCUT2D eigenvalue weighted by atomic mass is 10.3. The summed E-state index contributed by atoms with van der Waals surface area (Å²) in [6.07, 6.45) is 2.81. The number of sulfonamides is 1. The molecule has 0 aliphatic heterocycles. The first-order valence-electron chi connectivity index (χ1n) is 4.64. The second-order valence-corrected chi connectivity index (χ2v) is 4.97. The number of furan rings is 1. The van der Waals surface area contributed by atoms with E-state index in [1.807, 2.05) is 13.0 Å². The van der Waals surface area contributed by atoms with Gasteiger partial charge in [0, 0.05) is 13.0 Å². The van der Waals surface area contributed by atoms with Gasteiger partial charge in [0.1, 0.15) is 5.76 Å². The average Bonchev–Trinajstić information content (AvgIpc) is 2.56. The molecule has 1 N–H and O–H groups in total. The van der Waals surface area contributed by atoms with Crippen molar-refractivity contribution in [2.75, 3.05) is 12.3 Å². The van der Waals surface area contributed by atoms with E-state index >= 15 is 0 Å². The summed E-state index contributed by atoms with van der Waals surface area (Å²) in [5, 5.41) is 0. The van der Waals surface area contributed by atoms with Crippen molar-refractivity contribution < 1.29 is 12.8 Å². The molecule has 5 heteroatoms. The van der Waals surface area contributed by atoms with Gasteiger partial charge in [-0.05, 0) is 18.6 Å². The highest BCUT2D eigenvalue weighted by molar-refractivity contribution is 7.89. The molecule has 0 saturated carbocycles. The first kappa shape index (κ1) is 11.3. The van der Waals surface area contributed by atoms with Gasteiger partial charge in [0.05, 0.1) is 12.0 Å². The zero-order valence-corrected chi connectivity index (χ0v) is 9.01. The summed E-state index contributed by atoms with van der Waals surface area (Å²) in [6.45, 7) is 2.24. The Morgan fingerprint density at radius 3 is 2.86 bits per heavy atom. The van der Waals surface area contributed by atoms with Crippen molar-refractivity contribution in [2.24, 2.45) is 0 Å². The van der Waals surface area contributed by atoms with Crippen LogP contribution in [-0.2, 0) is 16.4 Å². The van der Waals surface area contributed by atoms with E-state index in [4.69, 9.17) is 4.42 Å². The Balaban J connectivity index is 2.28. The van der Waals surface area contributed by atoms with E-state index in [1.54, 1.807) is 12.3 Å². The summed E-state index contributed by atoms with van der Waals surface area (Å²) in [7, 11) is -3.08. The minimum atomic E-state index is -3.08. The molecule has 0 aliphatic carbocycles. The lowest BCUT2D eigenvalue weighted by molar-refractivity contribution is 0.506. The van der Waals surface area contributed by atoms with Gasteiger partial charge in [-0.15, -0.1) is 0 Å². The van der Waals surface area contributed by atoms with Crippen LogP contribution in [0.15, 0.2) is 22.8 Å². The molecule has 4 nitrogen and oxygen atoms in total. The third-order valence-electron chi connectivity index (χ3n) is 1.75. The van der Waals surface area contributed by atoms with E-state index in [-0.39, 0.29) is 5.75 Å². The summed E-state index contributed by atoms with van der Waals surface area (Å²) in [4.78, 5) is 0. The molecule has 0 bridgehead atoms. The Bertz CT molecular complexity index is 342. The first-order chi connectivity index (χ1) is 6.64. The fraction of sp³-hybridized carbons (Fsp3) is 0.556. The van der Waals surface area contributed by atoms with E-state index in [0.29, 0.717) is 19.4 Å². The van der Waals surface area contributed by atoms with Crippen molar-refractivity contribution in [1.82, 2.24) is 4.72 Å². The smallest absolute Gasteiger partial charge is 0.211 e.